The molecule has 18 heavy (non-hydrogen) atoms. The number of anilines is 2. The summed E-state index contributed by atoms with van der Waals surface area (Å²) in [7, 11) is 0. The fourth-order valence-corrected chi connectivity index (χ4v) is 2.32. The van der Waals surface area contributed by atoms with Gasteiger partial charge < -0.3 is 11.5 Å². The van der Waals surface area contributed by atoms with Crippen LogP contribution < -0.4 is 11.5 Å². The summed E-state index contributed by atoms with van der Waals surface area (Å²) in [5.41, 5.74) is 12.6. The Morgan fingerprint density at radius 3 is 2.11 bits per heavy atom. The van der Waals surface area contributed by atoms with E-state index in [2.05, 4.69) is 22.9 Å². The third-order valence-electron chi connectivity index (χ3n) is 2.04. The van der Waals surface area contributed by atoms with E-state index >= 15 is 0 Å². The lowest BCUT2D eigenvalue weighted by Crippen LogP contribution is -1.82. The zero-order valence-electron chi connectivity index (χ0n) is 10.3. The predicted molar refractivity (Wildman–Crippen MR) is 85.8 cm³/mol. The van der Waals surface area contributed by atoms with Crippen molar-refractivity contribution in [2.75, 3.05) is 17.2 Å². The van der Waals surface area contributed by atoms with Gasteiger partial charge in [-0.1, -0.05) is 28.9 Å². The molecular formula is C14H17BrN2S. The van der Waals surface area contributed by atoms with Crippen molar-refractivity contribution in [3.63, 3.8) is 0 Å². The molecule has 0 heterocycles. The van der Waals surface area contributed by atoms with Crippen molar-refractivity contribution in [1.82, 2.24) is 0 Å². The second-order valence-electron chi connectivity index (χ2n) is 3.56. The summed E-state index contributed by atoms with van der Waals surface area (Å²) in [6, 6.07) is 15.5. The average Bonchev–Trinajstić information content (AvgIpc) is 2.33. The molecule has 0 unspecified atom stereocenters. The molecule has 0 aromatic heterocycles. The molecule has 4 heteroatoms. The quantitative estimate of drug-likeness (QED) is 0.635. The van der Waals surface area contributed by atoms with Crippen molar-refractivity contribution in [2.45, 2.75) is 11.8 Å². The maximum atomic E-state index is 5.51. The molecule has 0 amide bonds. The molecular weight excluding hydrogens is 308 g/mol. The minimum atomic E-state index is 0.791. The molecule has 0 fully saturated rings. The molecule has 2 rings (SSSR count). The molecule has 0 aliphatic rings. The molecule has 0 spiro atoms. The number of nitrogen functional groups attached to an aromatic ring is 2. The van der Waals surface area contributed by atoms with Gasteiger partial charge in [0, 0.05) is 20.7 Å². The van der Waals surface area contributed by atoms with Gasteiger partial charge >= 0.3 is 0 Å². The highest BCUT2D eigenvalue weighted by Crippen LogP contribution is 2.17. The Balaban J connectivity index is 0.000000184. The van der Waals surface area contributed by atoms with Gasteiger partial charge in [0.15, 0.2) is 0 Å². The zero-order chi connectivity index (χ0) is 13.4. The van der Waals surface area contributed by atoms with E-state index < -0.39 is 0 Å². The van der Waals surface area contributed by atoms with Crippen LogP contribution in [0.3, 0.4) is 0 Å². The van der Waals surface area contributed by atoms with Crippen molar-refractivity contribution < 1.29 is 0 Å². The van der Waals surface area contributed by atoms with Gasteiger partial charge in [-0.3, -0.25) is 0 Å². The summed E-state index contributed by atoms with van der Waals surface area (Å²) < 4.78 is 1.03. The minimum absolute atomic E-state index is 0.791. The van der Waals surface area contributed by atoms with Crippen LogP contribution in [0.1, 0.15) is 6.92 Å². The molecule has 0 atom stereocenters. The maximum Gasteiger partial charge on any atom is 0.0325 e. The highest BCUT2D eigenvalue weighted by atomic mass is 79.9. The summed E-state index contributed by atoms with van der Waals surface area (Å²) in [6.45, 7) is 2.14. The van der Waals surface area contributed by atoms with Crippen LogP contribution in [-0.2, 0) is 0 Å². The maximum absolute atomic E-state index is 5.51. The van der Waals surface area contributed by atoms with Crippen molar-refractivity contribution >= 4 is 39.1 Å². The number of hydrogen-bond donors (Lipinski definition) is 2. The first-order valence-corrected chi connectivity index (χ1v) is 7.39. The standard InChI is InChI=1S/C8H11NS.C6H6BrN/c1-2-10-8-5-3-7(9)4-6-8;7-5-2-1-3-6(8)4-5/h3-6H,2,9H2,1H3;1-4H,8H2. The molecule has 2 nitrogen and oxygen atoms in total. The lowest BCUT2D eigenvalue weighted by molar-refractivity contribution is 1.43. The topological polar surface area (TPSA) is 52.0 Å². The third-order valence-corrected chi connectivity index (χ3v) is 3.43. The van der Waals surface area contributed by atoms with E-state index in [4.69, 9.17) is 11.5 Å². The summed E-state index contributed by atoms with van der Waals surface area (Å²) in [6.07, 6.45) is 0. The highest BCUT2D eigenvalue weighted by molar-refractivity contribution is 9.10. The Kier molecular flexibility index (Phi) is 6.68. The fraction of sp³-hybridized carbons (Fsp3) is 0.143. The van der Waals surface area contributed by atoms with Crippen molar-refractivity contribution in [2.24, 2.45) is 0 Å². The third kappa shape index (κ3) is 5.98. The lowest BCUT2D eigenvalue weighted by atomic mass is 10.3. The largest absolute Gasteiger partial charge is 0.399 e. The number of nitrogens with two attached hydrogens (primary N) is 2. The predicted octanol–water partition coefficient (Wildman–Crippen LogP) is 4.41. The SMILES string of the molecule is CCSc1ccc(N)cc1.Nc1cccc(Br)c1. The van der Waals surface area contributed by atoms with E-state index in [1.165, 1.54) is 4.90 Å². The molecule has 96 valence electrons. The van der Waals surface area contributed by atoms with Gasteiger partial charge in [0.25, 0.3) is 0 Å². The molecule has 0 saturated carbocycles. The first-order chi connectivity index (χ1) is 8.61. The summed E-state index contributed by atoms with van der Waals surface area (Å²) in [4.78, 5) is 1.29. The van der Waals surface area contributed by atoms with Gasteiger partial charge in [-0.25, -0.2) is 0 Å². The highest BCUT2D eigenvalue weighted by Gasteiger charge is 1.88. The molecule has 0 aliphatic heterocycles. The van der Waals surface area contributed by atoms with Gasteiger partial charge in [0.05, 0.1) is 0 Å². The van der Waals surface area contributed by atoms with E-state index in [1.807, 2.05) is 60.3 Å². The van der Waals surface area contributed by atoms with E-state index in [9.17, 15) is 0 Å². The molecule has 0 saturated heterocycles. The molecule has 2 aromatic rings. The lowest BCUT2D eigenvalue weighted by Gasteiger charge is -1.96. The summed E-state index contributed by atoms with van der Waals surface area (Å²) in [5, 5.41) is 0. The average molecular weight is 325 g/mol. The molecule has 0 bridgehead atoms. The Bertz CT molecular complexity index is 454. The smallest absolute Gasteiger partial charge is 0.0325 e. The van der Waals surface area contributed by atoms with E-state index in [0.717, 1.165) is 21.6 Å². The molecule has 2 aromatic carbocycles. The van der Waals surface area contributed by atoms with E-state index in [1.54, 1.807) is 0 Å². The van der Waals surface area contributed by atoms with Crippen LogP contribution in [0.25, 0.3) is 0 Å². The van der Waals surface area contributed by atoms with Crippen molar-refractivity contribution in [3.8, 4) is 0 Å². The Labute approximate surface area is 121 Å². The first-order valence-electron chi connectivity index (χ1n) is 5.61. The minimum Gasteiger partial charge on any atom is -0.399 e. The van der Waals surface area contributed by atoms with Gasteiger partial charge in [0.1, 0.15) is 0 Å². The van der Waals surface area contributed by atoms with Crippen LogP contribution in [-0.4, -0.2) is 5.75 Å². The van der Waals surface area contributed by atoms with E-state index in [0.29, 0.717) is 0 Å². The van der Waals surface area contributed by atoms with Gasteiger partial charge in [-0.15, -0.1) is 11.8 Å². The zero-order valence-corrected chi connectivity index (χ0v) is 12.7. The summed E-state index contributed by atoms with van der Waals surface area (Å²) >= 11 is 5.11. The fourth-order valence-electron chi connectivity index (χ4n) is 1.24. The van der Waals surface area contributed by atoms with Crippen LogP contribution in [0, 0.1) is 0 Å². The number of thioether (sulfide) groups is 1. The Morgan fingerprint density at radius 1 is 1.00 bits per heavy atom. The van der Waals surface area contributed by atoms with Crippen molar-refractivity contribution in [1.29, 1.82) is 0 Å². The van der Waals surface area contributed by atoms with Crippen LogP contribution in [0.4, 0.5) is 11.4 Å². The number of rotatable bonds is 2. The monoisotopic (exact) mass is 324 g/mol. The first kappa shape index (κ1) is 14.9. The van der Waals surface area contributed by atoms with E-state index in [-0.39, 0.29) is 0 Å². The summed E-state index contributed by atoms with van der Waals surface area (Å²) in [5.74, 6) is 1.11. The molecule has 0 radical (unpaired) electrons. The number of hydrogen-bond acceptors (Lipinski definition) is 3. The van der Waals surface area contributed by atoms with Crippen LogP contribution in [0.2, 0.25) is 0 Å². The Morgan fingerprint density at radius 2 is 1.67 bits per heavy atom. The second kappa shape index (κ2) is 8.06. The van der Waals surface area contributed by atoms with Crippen LogP contribution in [0.15, 0.2) is 57.9 Å². The normalized spacial score (nSPS) is 9.44. The van der Waals surface area contributed by atoms with Gasteiger partial charge in [0.2, 0.25) is 0 Å². The molecule has 0 aliphatic carbocycles. The van der Waals surface area contributed by atoms with Crippen LogP contribution in [0.5, 0.6) is 0 Å². The molecule has 4 N–H and O–H groups in total. The number of benzene rings is 2. The van der Waals surface area contributed by atoms with Crippen LogP contribution >= 0.6 is 27.7 Å². The van der Waals surface area contributed by atoms with Gasteiger partial charge in [-0.2, -0.15) is 0 Å². The van der Waals surface area contributed by atoms with Crippen molar-refractivity contribution in [3.05, 3.63) is 53.0 Å². The van der Waals surface area contributed by atoms with Gasteiger partial charge in [-0.05, 0) is 48.2 Å². The number of halogens is 1. The second-order valence-corrected chi connectivity index (χ2v) is 5.81. The Hall–Kier alpha value is -1.13.